The van der Waals surface area contributed by atoms with Crippen LogP contribution in [-0.4, -0.2) is 17.4 Å². The van der Waals surface area contributed by atoms with Crippen LogP contribution in [0.3, 0.4) is 0 Å². The second-order valence-corrected chi connectivity index (χ2v) is 4.13. The fourth-order valence-electron chi connectivity index (χ4n) is 1.59. The highest BCUT2D eigenvalue weighted by Gasteiger charge is 2.34. The Bertz CT molecular complexity index is 534. The van der Waals surface area contributed by atoms with Crippen LogP contribution in [0.1, 0.15) is 0 Å². The highest BCUT2D eigenvalue weighted by atomic mass is 35.5. The number of amides is 1. The third-order valence-electron chi connectivity index (χ3n) is 2.25. The van der Waals surface area contributed by atoms with Gasteiger partial charge < -0.3 is 15.6 Å². The van der Waals surface area contributed by atoms with Gasteiger partial charge in [0.25, 0.3) is 5.91 Å². The lowest BCUT2D eigenvalue weighted by molar-refractivity contribution is -0.768. The third-order valence-corrected chi connectivity index (χ3v) is 3.03. The van der Waals surface area contributed by atoms with Crippen molar-refractivity contribution in [1.82, 2.24) is 0 Å². The maximum absolute atomic E-state index is 11.6. The summed E-state index contributed by atoms with van der Waals surface area (Å²) in [5.41, 5.74) is -0.754. The Labute approximate surface area is 105 Å². The average Bonchev–Trinajstić information content (AvgIpc) is 2.20. The van der Waals surface area contributed by atoms with Crippen LogP contribution in [0.4, 0.5) is 17.1 Å². The number of nitro groups is 1. The van der Waals surface area contributed by atoms with Crippen LogP contribution in [0.2, 0.25) is 10.0 Å². The van der Waals surface area contributed by atoms with E-state index in [9.17, 15) is 20.1 Å². The van der Waals surface area contributed by atoms with E-state index in [0.29, 0.717) is 0 Å². The van der Waals surface area contributed by atoms with E-state index in [2.05, 4.69) is 5.32 Å². The number of nitro benzene ring substituents is 1. The van der Waals surface area contributed by atoms with Gasteiger partial charge in [-0.2, -0.15) is 0 Å². The second kappa shape index (κ2) is 4.11. The molecule has 1 heterocycles. The standard InChI is InChI=1S/C8H5Cl2N3O4/c9-3-1-4-7(8(6(3)10)13(16)17)12(15)2-5(14)11-4/h1,12H,2H2,(H,11,14). The molecule has 1 aliphatic heterocycles. The minimum atomic E-state index is -0.789. The van der Waals surface area contributed by atoms with Gasteiger partial charge in [0.15, 0.2) is 6.54 Å². The fraction of sp³-hybridized carbons (Fsp3) is 0.125. The molecule has 1 aromatic rings. The van der Waals surface area contributed by atoms with Crippen molar-refractivity contribution in [3.63, 3.8) is 0 Å². The molecule has 1 aromatic carbocycles. The molecule has 2 rings (SSSR count). The van der Waals surface area contributed by atoms with E-state index >= 15 is 0 Å². The van der Waals surface area contributed by atoms with E-state index in [1.807, 2.05) is 0 Å². The normalized spacial score (nSPS) is 18.5. The topological polar surface area (TPSA) is 99.7 Å². The molecule has 0 radical (unpaired) electrons. The number of carbonyl (C=O) groups is 1. The van der Waals surface area contributed by atoms with Gasteiger partial charge in [-0.1, -0.05) is 23.2 Å². The lowest BCUT2D eigenvalue weighted by Crippen LogP contribution is -3.04. The van der Waals surface area contributed by atoms with Crippen molar-refractivity contribution in [3.8, 4) is 0 Å². The molecular formula is C8H5Cl2N3O4. The fourth-order valence-corrected chi connectivity index (χ4v) is 2.01. The van der Waals surface area contributed by atoms with E-state index in [4.69, 9.17) is 23.2 Å². The molecule has 0 spiro atoms. The first-order valence-corrected chi connectivity index (χ1v) is 5.17. The number of benzene rings is 1. The zero-order valence-corrected chi connectivity index (χ0v) is 9.63. The molecule has 0 aliphatic carbocycles. The predicted molar refractivity (Wildman–Crippen MR) is 60.6 cm³/mol. The van der Waals surface area contributed by atoms with Gasteiger partial charge >= 0.3 is 5.69 Å². The Kier molecular flexibility index (Phi) is 2.92. The number of hydrogen-bond donors (Lipinski definition) is 2. The number of hydrogen-bond acceptors (Lipinski definition) is 4. The highest BCUT2D eigenvalue weighted by Crippen LogP contribution is 2.41. The first kappa shape index (κ1) is 12.1. The zero-order valence-electron chi connectivity index (χ0n) is 8.12. The zero-order chi connectivity index (χ0) is 12.7. The number of halogens is 2. The Morgan fingerprint density at radius 3 is 2.71 bits per heavy atom. The maximum atomic E-state index is 11.6. The number of fused-ring (bicyclic) bond motifs is 1. The van der Waals surface area contributed by atoms with Crippen LogP contribution >= 0.6 is 23.2 Å². The number of hydroxylamine groups is 1. The molecule has 7 nitrogen and oxygen atoms in total. The van der Waals surface area contributed by atoms with E-state index in [1.54, 1.807) is 0 Å². The number of nitrogens with zero attached hydrogens (tertiary/aromatic N) is 1. The molecule has 90 valence electrons. The molecule has 0 saturated heterocycles. The van der Waals surface area contributed by atoms with Crippen molar-refractivity contribution >= 4 is 46.2 Å². The van der Waals surface area contributed by atoms with Crippen LogP contribution in [0, 0.1) is 15.3 Å². The molecule has 17 heavy (non-hydrogen) atoms. The Hall–Kier alpha value is -1.41. The molecule has 0 saturated carbocycles. The van der Waals surface area contributed by atoms with E-state index in [1.165, 1.54) is 6.07 Å². The first-order valence-electron chi connectivity index (χ1n) is 4.41. The van der Waals surface area contributed by atoms with Crippen LogP contribution in [0.5, 0.6) is 0 Å². The van der Waals surface area contributed by atoms with Gasteiger partial charge in [-0.15, -0.1) is 0 Å². The first-order chi connectivity index (χ1) is 7.91. The lowest BCUT2D eigenvalue weighted by Gasteiger charge is -2.27. The SMILES string of the molecule is O=C1C[NH+]([O-])c2c(cc(Cl)c(Cl)c2[N+](=O)[O-])N1. The summed E-state index contributed by atoms with van der Waals surface area (Å²) in [6.45, 7) is -0.439. The molecule has 0 aromatic heterocycles. The Morgan fingerprint density at radius 2 is 2.12 bits per heavy atom. The summed E-state index contributed by atoms with van der Waals surface area (Å²) in [5.74, 6) is -0.532. The monoisotopic (exact) mass is 277 g/mol. The quantitative estimate of drug-likeness (QED) is 0.452. The minimum absolute atomic E-state index is 0.0207. The van der Waals surface area contributed by atoms with Crippen molar-refractivity contribution in [2.75, 3.05) is 11.9 Å². The predicted octanol–water partition coefficient (Wildman–Crippen LogP) is 0.868. The van der Waals surface area contributed by atoms with Gasteiger partial charge in [-0.05, 0) is 6.07 Å². The van der Waals surface area contributed by atoms with Gasteiger partial charge in [0, 0.05) is 0 Å². The van der Waals surface area contributed by atoms with Crippen LogP contribution in [-0.2, 0) is 4.79 Å². The van der Waals surface area contributed by atoms with Crippen molar-refractivity contribution < 1.29 is 14.8 Å². The largest absolute Gasteiger partial charge is 0.628 e. The summed E-state index contributed by atoms with van der Waals surface area (Å²) in [6, 6.07) is 1.22. The van der Waals surface area contributed by atoms with Crippen molar-refractivity contribution in [3.05, 3.63) is 31.4 Å². The van der Waals surface area contributed by atoms with Gasteiger partial charge in [-0.25, -0.2) is 0 Å². The molecule has 1 atom stereocenters. The Balaban J connectivity index is 2.75. The van der Waals surface area contributed by atoms with Crippen LogP contribution < -0.4 is 10.4 Å². The highest BCUT2D eigenvalue weighted by molar-refractivity contribution is 6.44. The number of rotatable bonds is 1. The maximum Gasteiger partial charge on any atom is 0.351 e. The van der Waals surface area contributed by atoms with Crippen molar-refractivity contribution in [2.24, 2.45) is 0 Å². The summed E-state index contributed by atoms with van der Waals surface area (Å²) >= 11 is 11.4. The molecular weight excluding hydrogens is 273 g/mol. The Morgan fingerprint density at radius 1 is 1.47 bits per heavy atom. The lowest BCUT2D eigenvalue weighted by atomic mass is 10.2. The molecule has 1 aliphatic rings. The molecule has 1 unspecified atom stereocenters. The molecule has 9 heteroatoms. The smallest absolute Gasteiger partial charge is 0.351 e. The molecule has 0 fully saturated rings. The summed E-state index contributed by atoms with van der Waals surface area (Å²) in [6.07, 6.45) is 0. The van der Waals surface area contributed by atoms with E-state index in [0.717, 1.165) is 0 Å². The number of carbonyl (C=O) groups excluding carboxylic acids is 1. The summed E-state index contributed by atoms with van der Waals surface area (Å²) in [5, 5.41) is 23.8. The minimum Gasteiger partial charge on any atom is -0.628 e. The van der Waals surface area contributed by atoms with Crippen molar-refractivity contribution in [1.29, 1.82) is 0 Å². The molecule has 2 N–H and O–H groups in total. The number of anilines is 1. The van der Waals surface area contributed by atoms with E-state index in [-0.39, 0.29) is 21.4 Å². The van der Waals surface area contributed by atoms with Crippen LogP contribution in [0.25, 0.3) is 0 Å². The third kappa shape index (κ3) is 1.93. The summed E-state index contributed by atoms with van der Waals surface area (Å²) in [7, 11) is 0. The van der Waals surface area contributed by atoms with Gasteiger partial charge in [-0.3, -0.25) is 14.9 Å². The van der Waals surface area contributed by atoms with E-state index < -0.39 is 28.1 Å². The van der Waals surface area contributed by atoms with Crippen molar-refractivity contribution in [2.45, 2.75) is 0 Å². The van der Waals surface area contributed by atoms with Gasteiger partial charge in [0.1, 0.15) is 10.7 Å². The average molecular weight is 278 g/mol. The number of quaternary nitrogens is 1. The number of nitrogens with one attached hydrogen (secondary N) is 2. The summed E-state index contributed by atoms with van der Waals surface area (Å²) < 4.78 is 0. The summed E-state index contributed by atoms with van der Waals surface area (Å²) in [4.78, 5) is 21.2. The van der Waals surface area contributed by atoms with Gasteiger partial charge in [0.05, 0.1) is 9.95 Å². The molecule has 0 bridgehead atoms. The molecule has 1 amide bonds. The van der Waals surface area contributed by atoms with Crippen LogP contribution in [0.15, 0.2) is 6.07 Å². The van der Waals surface area contributed by atoms with Gasteiger partial charge in [0.2, 0.25) is 5.69 Å². The second-order valence-electron chi connectivity index (χ2n) is 3.35.